The second-order valence-corrected chi connectivity index (χ2v) is 5.12. The molecular formula is C15H20N4O. The molecule has 5 heteroatoms. The number of para-hydroxylation sites is 1. The van der Waals surface area contributed by atoms with E-state index in [1.807, 2.05) is 39.0 Å². The topological polar surface area (TPSA) is 70.7 Å². The van der Waals surface area contributed by atoms with Gasteiger partial charge in [0.25, 0.3) is 5.91 Å². The number of aromatic nitrogens is 3. The number of nitrogens with one attached hydrogen (secondary N) is 2. The Kier molecular flexibility index (Phi) is 4.17. The molecule has 1 amide bonds. The predicted octanol–water partition coefficient (Wildman–Crippen LogP) is 3.05. The van der Waals surface area contributed by atoms with Gasteiger partial charge < -0.3 is 5.32 Å². The van der Waals surface area contributed by atoms with Crippen molar-refractivity contribution < 1.29 is 4.79 Å². The molecule has 0 aliphatic rings. The minimum absolute atomic E-state index is 0.180. The van der Waals surface area contributed by atoms with Crippen LogP contribution in [-0.4, -0.2) is 21.1 Å². The van der Waals surface area contributed by atoms with Gasteiger partial charge in [-0.1, -0.05) is 39.0 Å². The van der Waals surface area contributed by atoms with E-state index in [1.54, 1.807) is 0 Å². The van der Waals surface area contributed by atoms with Crippen LogP contribution >= 0.6 is 0 Å². The standard InChI is InChI=1S/C15H20N4O/c1-5-11-8-6-7-10(4)12(11)16-15(20)14-17-13(9(2)3)18-19-14/h6-9H,5H2,1-4H3,(H,16,20)(H,17,18,19). The lowest BCUT2D eigenvalue weighted by Crippen LogP contribution is -2.16. The third-order valence-electron chi connectivity index (χ3n) is 3.23. The average Bonchev–Trinajstić information content (AvgIpc) is 2.91. The van der Waals surface area contributed by atoms with Crippen molar-refractivity contribution in [1.29, 1.82) is 0 Å². The first-order valence-corrected chi connectivity index (χ1v) is 6.85. The van der Waals surface area contributed by atoms with Gasteiger partial charge in [0.2, 0.25) is 5.82 Å². The summed E-state index contributed by atoms with van der Waals surface area (Å²) in [7, 11) is 0. The van der Waals surface area contributed by atoms with Gasteiger partial charge in [0.1, 0.15) is 5.82 Å². The molecule has 5 nitrogen and oxygen atoms in total. The molecule has 0 aliphatic carbocycles. The van der Waals surface area contributed by atoms with Crippen molar-refractivity contribution in [2.24, 2.45) is 0 Å². The van der Waals surface area contributed by atoms with Gasteiger partial charge in [-0.25, -0.2) is 4.98 Å². The van der Waals surface area contributed by atoms with Crippen molar-refractivity contribution in [2.75, 3.05) is 5.32 Å². The molecule has 20 heavy (non-hydrogen) atoms. The minimum Gasteiger partial charge on any atom is -0.319 e. The van der Waals surface area contributed by atoms with Crippen LogP contribution in [0.25, 0.3) is 0 Å². The fourth-order valence-corrected chi connectivity index (χ4v) is 2.01. The molecule has 1 aromatic carbocycles. The Hall–Kier alpha value is -2.17. The Morgan fingerprint density at radius 1 is 1.40 bits per heavy atom. The summed E-state index contributed by atoms with van der Waals surface area (Å²) in [5.74, 6) is 0.834. The van der Waals surface area contributed by atoms with Crippen LogP contribution in [0.1, 0.15) is 54.3 Å². The third kappa shape index (κ3) is 2.87. The lowest BCUT2D eigenvalue weighted by molar-refractivity contribution is 0.101. The number of benzene rings is 1. The second-order valence-electron chi connectivity index (χ2n) is 5.12. The normalized spacial score (nSPS) is 10.8. The summed E-state index contributed by atoms with van der Waals surface area (Å²) in [6, 6.07) is 5.99. The van der Waals surface area contributed by atoms with Gasteiger partial charge in [0.05, 0.1) is 0 Å². The first-order chi connectivity index (χ1) is 9.52. The van der Waals surface area contributed by atoms with Gasteiger partial charge >= 0.3 is 0 Å². The highest BCUT2D eigenvalue weighted by atomic mass is 16.2. The van der Waals surface area contributed by atoms with Crippen molar-refractivity contribution >= 4 is 11.6 Å². The Bertz CT molecular complexity index is 616. The number of aromatic amines is 1. The number of amides is 1. The van der Waals surface area contributed by atoms with E-state index in [2.05, 4.69) is 27.4 Å². The lowest BCUT2D eigenvalue weighted by Gasteiger charge is -2.11. The molecule has 0 unspecified atom stereocenters. The van der Waals surface area contributed by atoms with Crippen molar-refractivity contribution in [1.82, 2.24) is 15.2 Å². The van der Waals surface area contributed by atoms with E-state index in [1.165, 1.54) is 0 Å². The molecule has 106 valence electrons. The zero-order valence-corrected chi connectivity index (χ0v) is 12.3. The number of rotatable bonds is 4. The number of anilines is 1. The number of nitrogens with zero attached hydrogens (tertiary/aromatic N) is 2. The number of hydrogen-bond acceptors (Lipinski definition) is 3. The van der Waals surface area contributed by atoms with Crippen LogP contribution in [-0.2, 0) is 6.42 Å². The van der Waals surface area contributed by atoms with Gasteiger partial charge in [-0.05, 0) is 24.5 Å². The van der Waals surface area contributed by atoms with Crippen LogP contribution in [0.15, 0.2) is 18.2 Å². The van der Waals surface area contributed by atoms with E-state index in [4.69, 9.17) is 0 Å². The highest BCUT2D eigenvalue weighted by Gasteiger charge is 2.16. The number of H-pyrrole nitrogens is 1. The van der Waals surface area contributed by atoms with Gasteiger partial charge in [-0.15, -0.1) is 5.10 Å². The van der Waals surface area contributed by atoms with Crippen molar-refractivity contribution in [3.05, 3.63) is 41.0 Å². The Morgan fingerprint density at radius 3 is 2.75 bits per heavy atom. The Morgan fingerprint density at radius 2 is 2.15 bits per heavy atom. The molecule has 0 radical (unpaired) electrons. The Labute approximate surface area is 118 Å². The summed E-state index contributed by atoms with van der Waals surface area (Å²) in [5, 5.41) is 9.68. The molecule has 2 rings (SSSR count). The maximum absolute atomic E-state index is 12.2. The first-order valence-electron chi connectivity index (χ1n) is 6.85. The van der Waals surface area contributed by atoms with Crippen LogP contribution in [0, 0.1) is 6.92 Å². The van der Waals surface area contributed by atoms with E-state index in [0.717, 1.165) is 29.1 Å². The minimum atomic E-state index is -0.280. The zero-order chi connectivity index (χ0) is 14.7. The largest absolute Gasteiger partial charge is 0.319 e. The highest BCUT2D eigenvalue weighted by Crippen LogP contribution is 2.21. The molecule has 1 aromatic heterocycles. The fraction of sp³-hybridized carbons (Fsp3) is 0.400. The first kappa shape index (κ1) is 14.2. The van der Waals surface area contributed by atoms with Crippen LogP contribution in [0.4, 0.5) is 5.69 Å². The van der Waals surface area contributed by atoms with Crippen molar-refractivity contribution in [2.45, 2.75) is 40.0 Å². The molecular weight excluding hydrogens is 252 g/mol. The SMILES string of the molecule is CCc1cccc(C)c1NC(=O)c1n[nH]c(C(C)C)n1. The van der Waals surface area contributed by atoms with Crippen LogP contribution < -0.4 is 5.32 Å². The summed E-state index contributed by atoms with van der Waals surface area (Å²) < 4.78 is 0. The number of hydrogen-bond donors (Lipinski definition) is 2. The van der Waals surface area contributed by atoms with Crippen LogP contribution in [0.3, 0.4) is 0 Å². The molecule has 0 saturated carbocycles. The third-order valence-corrected chi connectivity index (χ3v) is 3.23. The van der Waals surface area contributed by atoms with Crippen molar-refractivity contribution in [3.8, 4) is 0 Å². The molecule has 1 heterocycles. The van der Waals surface area contributed by atoms with Crippen LogP contribution in [0.5, 0.6) is 0 Å². The van der Waals surface area contributed by atoms with Gasteiger partial charge in [-0.2, -0.15) is 0 Å². The van der Waals surface area contributed by atoms with E-state index >= 15 is 0 Å². The number of carbonyl (C=O) groups excluding carboxylic acids is 1. The molecule has 2 aromatic rings. The predicted molar refractivity (Wildman–Crippen MR) is 79.0 cm³/mol. The van der Waals surface area contributed by atoms with E-state index < -0.39 is 0 Å². The second kappa shape index (κ2) is 5.86. The molecule has 0 saturated heterocycles. The average molecular weight is 272 g/mol. The maximum Gasteiger partial charge on any atom is 0.295 e. The lowest BCUT2D eigenvalue weighted by atomic mass is 10.1. The quantitative estimate of drug-likeness (QED) is 0.898. The van der Waals surface area contributed by atoms with Gasteiger partial charge in [0.15, 0.2) is 0 Å². The van der Waals surface area contributed by atoms with Crippen LogP contribution in [0.2, 0.25) is 0 Å². The Balaban J connectivity index is 2.23. The van der Waals surface area contributed by atoms with Gasteiger partial charge in [-0.3, -0.25) is 9.89 Å². The summed E-state index contributed by atoms with van der Waals surface area (Å²) in [6.45, 7) is 8.04. The summed E-state index contributed by atoms with van der Waals surface area (Å²) in [5.41, 5.74) is 3.01. The molecule has 0 aliphatic heterocycles. The van der Waals surface area contributed by atoms with Crippen molar-refractivity contribution in [3.63, 3.8) is 0 Å². The number of aryl methyl sites for hydroxylation is 2. The number of carbonyl (C=O) groups is 1. The smallest absolute Gasteiger partial charge is 0.295 e. The molecule has 0 fully saturated rings. The summed E-state index contributed by atoms with van der Waals surface area (Å²) in [6.07, 6.45) is 0.864. The molecule has 2 N–H and O–H groups in total. The fourth-order valence-electron chi connectivity index (χ4n) is 2.01. The van der Waals surface area contributed by atoms with E-state index in [-0.39, 0.29) is 17.6 Å². The van der Waals surface area contributed by atoms with Gasteiger partial charge in [0, 0.05) is 11.6 Å². The summed E-state index contributed by atoms with van der Waals surface area (Å²) >= 11 is 0. The van der Waals surface area contributed by atoms with E-state index in [9.17, 15) is 4.79 Å². The molecule has 0 bridgehead atoms. The maximum atomic E-state index is 12.2. The van der Waals surface area contributed by atoms with E-state index in [0.29, 0.717) is 0 Å². The molecule has 0 spiro atoms. The highest BCUT2D eigenvalue weighted by molar-refractivity contribution is 6.02. The molecule has 0 atom stereocenters. The summed E-state index contributed by atoms with van der Waals surface area (Å²) in [4.78, 5) is 16.4. The monoisotopic (exact) mass is 272 g/mol. The zero-order valence-electron chi connectivity index (χ0n) is 12.3.